The van der Waals surface area contributed by atoms with Crippen molar-refractivity contribution in [3.05, 3.63) is 65.9 Å². The summed E-state index contributed by atoms with van der Waals surface area (Å²) in [6.07, 6.45) is 7.08. The summed E-state index contributed by atoms with van der Waals surface area (Å²) in [5.74, 6) is 1.66. The summed E-state index contributed by atoms with van der Waals surface area (Å²) in [6.45, 7) is 5.17. The highest BCUT2D eigenvalue weighted by Gasteiger charge is 2.19. The van der Waals surface area contributed by atoms with Crippen LogP contribution in [-0.4, -0.2) is 35.7 Å². The predicted molar refractivity (Wildman–Crippen MR) is 108 cm³/mol. The monoisotopic (exact) mass is 368 g/mol. The molecule has 1 aliphatic rings. The fourth-order valence-electron chi connectivity index (χ4n) is 3.76. The van der Waals surface area contributed by atoms with Crippen molar-refractivity contribution >= 4 is 22.4 Å². The molecule has 1 aliphatic heterocycles. The minimum absolute atomic E-state index is 0.731. The van der Waals surface area contributed by atoms with Crippen LogP contribution in [0.4, 0.5) is 0 Å². The zero-order chi connectivity index (χ0) is 17.8. The number of halogens is 1. The fraction of sp³-hybridized carbons (Fsp3) is 0.364. The smallest absolute Gasteiger partial charge is 0.119 e. The molecule has 26 heavy (non-hydrogen) atoms. The van der Waals surface area contributed by atoms with Gasteiger partial charge in [-0.15, -0.1) is 0 Å². The van der Waals surface area contributed by atoms with E-state index >= 15 is 0 Å². The number of piperidine rings is 1. The number of likely N-dealkylation sites (tertiary alicyclic amines) is 1. The molecule has 0 aliphatic carbocycles. The number of hydrogen-bond acceptors (Lipinski definition) is 2. The van der Waals surface area contributed by atoms with E-state index in [-0.39, 0.29) is 0 Å². The third-order valence-electron chi connectivity index (χ3n) is 5.27. The van der Waals surface area contributed by atoms with Gasteiger partial charge in [0, 0.05) is 30.5 Å². The zero-order valence-electron chi connectivity index (χ0n) is 15.0. The largest absolute Gasteiger partial charge is 0.492 e. The van der Waals surface area contributed by atoms with Crippen LogP contribution in [0.15, 0.2) is 60.9 Å². The molecule has 0 unspecified atom stereocenters. The normalized spacial score (nSPS) is 16.2. The Morgan fingerprint density at radius 1 is 0.923 bits per heavy atom. The molecule has 0 N–H and O–H groups in total. The number of aromatic nitrogens is 1. The fourth-order valence-corrected chi connectivity index (χ4v) is 3.89. The number of hydrogen-bond donors (Lipinski definition) is 0. The highest BCUT2D eigenvalue weighted by Crippen LogP contribution is 2.22. The maximum absolute atomic E-state index is 5.90. The number of ether oxygens (including phenoxy) is 1. The van der Waals surface area contributed by atoms with Crippen molar-refractivity contribution in [1.29, 1.82) is 0 Å². The van der Waals surface area contributed by atoms with Crippen LogP contribution in [0.2, 0.25) is 5.02 Å². The van der Waals surface area contributed by atoms with Crippen molar-refractivity contribution in [1.82, 2.24) is 9.47 Å². The lowest BCUT2D eigenvalue weighted by Gasteiger charge is -2.32. The molecule has 2 aromatic carbocycles. The third kappa shape index (κ3) is 4.40. The van der Waals surface area contributed by atoms with Crippen molar-refractivity contribution < 1.29 is 4.74 Å². The lowest BCUT2D eigenvalue weighted by Crippen LogP contribution is -2.37. The molecule has 0 saturated carbocycles. The minimum atomic E-state index is 0.731. The Labute approximate surface area is 160 Å². The summed E-state index contributed by atoms with van der Waals surface area (Å²) < 4.78 is 8.19. The van der Waals surface area contributed by atoms with E-state index in [1.165, 1.54) is 23.6 Å². The summed E-state index contributed by atoms with van der Waals surface area (Å²) in [6, 6.07) is 16.2. The van der Waals surface area contributed by atoms with Crippen LogP contribution in [-0.2, 0) is 6.54 Å². The van der Waals surface area contributed by atoms with Gasteiger partial charge in [-0.05, 0) is 66.9 Å². The van der Waals surface area contributed by atoms with Crippen LogP contribution >= 0.6 is 11.6 Å². The zero-order valence-corrected chi connectivity index (χ0v) is 15.7. The van der Waals surface area contributed by atoms with Gasteiger partial charge in [-0.3, -0.25) is 4.90 Å². The van der Waals surface area contributed by atoms with Crippen molar-refractivity contribution in [3.63, 3.8) is 0 Å². The van der Waals surface area contributed by atoms with Gasteiger partial charge in [0.2, 0.25) is 0 Å². The SMILES string of the molecule is Clc1ccc(OCCN2CCC(Cn3cc4ccccc4c3)CC2)cc1. The molecule has 1 aromatic heterocycles. The van der Waals surface area contributed by atoms with Gasteiger partial charge in [0.1, 0.15) is 12.4 Å². The summed E-state index contributed by atoms with van der Waals surface area (Å²) in [5.41, 5.74) is 0. The summed E-state index contributed by atoms with van der Waals surface area (Å²) >= 11 is 5.90. The van der Waals surface area contributed by atoms with Crippen molar-refractivity contribution in [3.8, 4) is 5.75 Å². The van der Waals surface area contributed by atoms with Crippen LogP contribution < -0.4 is 4.74 Å². The van der Waals surface area contributed by atoms with Crippen LogP contribution in [0.5, 0.6) is 5.75 Å². The average Bonchev–Trinajstić information content (AvgIpc) is 3.07. The standard InChI is InChI=1S/C22H25ClN2O/c23-21-5-7-22(8-6-21)26-14-13-24-11-9-18(10-12-24)15-25-16-19-3-1-2-4-20(19)17-25/h1-8,16-18H,9-15H2. The van der Waals surface area contributed by atoms with E-state index in [1.54, 1.807) is 0 Å². The second kappa shape index (κ2) is 8.15. The Hall–Kier alpha value is -1.97. The second-order valence-electron chi connectivity index (χ2n) is 7.17. The first kappa shape index (κ1) is 17.4. The van der Waals surface area contributed by atoms with E-state index < -0.39 is 0 Å². The Morgan fingerprint density at radius 3 is 2.23 bits per heavy atom. The topological polar surface area (TPSA) is 17.4 Å². The van der Waals surface area contributed by atoms with E-state index in [4.69, 9.17) is 16.3 Å². The molecule has 0 atom stereocenters. The second-order valence-corrected chi connectivity index (χ2v) is 7.61. The first-order valence-corrected chi connectivity index (χ1v) is 9.79. The van der Waals surface area contributed by atoms with Crippen LogP contribution in [0.3, 0.4) is 0 Å². The molecule has 0 bridgehead atoms. The average molecular weight is 369 g/mol. The first-order chi connectivity index (χ1) is 12.8. The molecule has 3 nitrogen and oxygen atoms in total. The molecule has 0 radical (unpaired) electrons. The third-order valence-corrected chi connectivity index (χ3v) is 5.52. The maximum Gasteiger partial charge on any atom is 0.119 e. The number of rotatable bonds is 6. The van der Waals surface area contributed by atoms with Gasteiger partial charge in [0.25, 0.3) is 0 Å². The number of benzene rings is 2. The molecular weight excluding hydrogens is 344 g/mol. The quantitative estimate of drug-likeness (QED) is 0.603. The van der Waals surface area contributed by atoms with E-state index in [1.807, 2.05) is 24.3 Å². The molecule has 2 heterocycles. The van der Waals surface area contributed by atoms with Crippen LogP contribution in [0.1, 0.15) is 12.8 Å². The Balaban J connectivity index is 1.20. The van der Waals surface area contributed by atoms with E-state index in [2.05, 4.69) is 46.1 Å². The Bertz CT molecular complexity index is 802. The van der Waals surface area contributed by atoms with Gasteiger partial charge in [-0.2, -0.15) is 0 Å². The van der Waals surface area contributed by atoms with Gasteiger partial charge < -0.3 is 9.30 Å². The highest BCUT2D eigenvalue weighted by molar-refractivity contribution is 6.30. The van der Waals surface area contributed by atoms with E-state index in [0.29, 0.717) is 0 Å². The summed E-state index contributed by atoms with van der Waals surface area (Å²) in [5, 5.41) is 3.42. The summed E-state index contributed by atoms with van der Waals surface area (Å²) in [7, 11) is 0. The van der Waals surface area contributed by atoms with E-state index in [0.717, 1.165) is 49.5 Å². The lowest BCUT2D eigenvalue weighted by molar-refractivity contribution is 0.148. The summed E-state index contributed by atoms with van der Waals surface area (Å²) in [4.78, 5) is 2.51. The molecule has 1 fully saturated rings. The molecule has 4 heteroatoms. The number of nitrogens with zero attached hydrogens (tertiary/aromatic N) is 2. The van der Waals surface area contributed by atoms with Crippen molar-refractivity contribution in [2.24, 2.45) is 5.92 Å². The maximum atomic E-state index is 5.90. The molecule has 136 valence electrons. The highest BCUT2D eigenvalue weighted by atomic mass is 35.5. The van der Waals surface area contributed by atoms with Crippen molar-refractivity contribution in [2.75, 3.05) is 26.2 Å². The van der Waals surface area contributed by atoms with Gasteiger partial charge in [-0.25, -0.2) is 0 Å². The van der Waals surface area contributed by atoms with Crippen LogP contribution in [0, 0.1) is 5.92 Å². The van der Waals surface area contributed by atoms with Gasteiger partial charge in [0.15, 0.2) is 0 Å². The molecule has 4 rings (SSSR count). The predicted octanol–water partition coefficient (Wildman–Crippen LogP) is 5.09. The molecule has 1 saturated heterocycles. The van der Waals surface area contributed by atoms with Gasteiger partial charge in [-0.1, -0.05) is 35.9 Å². The van der Waals surface area contributed by atoms with Gasteiger partial charge in [0.05, 0.1) is 0 Å². The first-order valence-electron chi connectivity index (χ1n) is 9.41. The minimum Gasteiger partial charge on any atom is -0.492 e. The van der Waals surface area contributed by atoms with E-state index in [9.17, 15) is 0 Å². The Morgan fingerprint density at radius 2 is 1.58 bits per heavy atom. The molecule has 0 amide bonds. The molecule has 0 spiro atoms. The number of fused-ring (bicyclic) bond motifs is 1. The van der Waals surface area contributed by atoms with Gasteiger partial charge >= 0.3 is 0 Å². The van der Waals surface area contributed by atoms with Crippen LogP contribution in [0.25, 0.3) is 10.8 Å². The molecule has 3 aromatic rings. The lowest BCUT2D eigenvalue weighted by atomic mass is 9.97. The molecular formula is C22H25ClN2O. The van der Waals surface area contributed by atoms with Crippen molar-refractivity contribution in [2.45, 2.75) is 19.4 Å². The Kier molecular flexibility index (Phi) is 5.47.